The predicted octanol–water partition coefficient (Wildman–Crippen LogP) is 4.30. The van der Waals surface area contributed by atoms with Crippen molar-refractivity contribution < 1.29 is 18.7 Å². The number of anilines is 1. The van der Waals surface area contributed by atoms with Gasteiger partial charge in [-0.05, 0) is 57.2 Å². The maximum Gasteiger partial charge on any atom is 0.257 e. The standard InChI is InChI=1S/C26H28FN5O3/c1-3-19(33)31-25-7-9-26(14-25,10-8-25)32-24-29-15(2)20-18(30-24)5-4-16(21(20)27)17-6-11-28-23-22(17)34-12-13-35-23/h4-6,11H,3,7-10,12-14H2,1-2H3,(H,31,33)(H,29,30,32). The molecule has 0 radical (unpaired) electrons. The number of nitrogens with one attached hydrogen (secondary N) is 2. The van der Waals surface area contributed by atoms with Crippen LogP contribution in [0.3, 0.4) is 0 Å². The molecule has 2 bridgehead atoms. The zero-order chi connectivity index (χ0) is 24.2. The molecule has 0 spiro atoms. The fourth-order valence-corrected chi connectivity index (χ4v) is 5.95. The van der Waals surface area contributed by atoms with E-state index in [1.54, 1.807) is 25.3 Å². The number of ether oxygens (including phenoxy) is 2. The number of nitrogens with zero attached hydrogens (tertiary/aromatic N) is 3. The maximum atomic E-state index is 15.8. The Morgan fingerprint density at radius 3 is 2.63 bits per heavy atom. The van der Waals surface area contributed by atoms with Gasteiger partial charge in [-0.15, -0.1) is 0 Å². The van der Waals surface area contributed by atoms with E-state index in [2.05, 4.69) is 25.6 Å². The molecule has 6 rings (SSSR count). The Kier molecular flexibility index (Phi) is 5.05. The van der Waals surface area contributed by atoms with Crippen molar-refractivity contribution >= 4 is 22.8 Å². The number of benzene rings is 1. The van der Waals surface area contributed by atoms with Crippen LogP contribution in [0.2, 0.25) is 0 Å². The monoisotopic (exact) mass is 477 g/mol. The molecule has 2 fully saturated rings. The summed E-state index contributed by atoms with van der Waals surface area (Å²) in [6.07, 6.45) is 6.71. The van der Waals surface area contributed by atoms with Crippen LogP contribution in [0.4, 0.5) is 10.3 Å². The predicted molar refractivity (Wildman–Crippen MR) is 129 cm³/mol. The van der Waals surface area contributed by atoms with Crippen molar-refractivity contribution in [3.05, 3.63) is 35.9 Å². The van der Waals surface area contributed by atoms with Crippen LogP contribution in [0.1, 0.15) is 51.1 Å². The van der Waals surface area contributed by atoms with Gasteiger partial charge in [-0.1, -0.05) is 6.92 Å². The molecule has 0 atom stereocenters. The van der Waals surface area contributed by atoms with Gasteiger partial charge in [0.2, 0.25) is 11.9 Å². The van der Waals surface area contributed by atoms with Crippen LogP contribution in [0, 0.1) is 12.7 Å². The van der Waals surface area contributed by atoms with Crippen LogP contribution in [-0.4, -0.2) is 45.2 Å². The van der Waals surface area contributed by atoms with E-state index >= 15 is 4.39 Å². The summed E-state index contributed by atoms with van der Waals surface area (Å²) < 4.78 is 27.1. The summed E-state index contributed by atoms with van der Waals surface area (Å²) in [5, 5.41) is 7.19. The summed E-state index contributed by atoms with van der Waals surface area (Å²) in [4.78, 5) is 25.5. The Morgan fingerprint density at radius 2 is 1.83 bits per heavy atom. The van der Waals surface area contributed by atoms with Gasteiger partial charge in [0, 0.05) is 34.8 Å². The van der Waals surface area contributed by atoms with Crippen molar-refractivity contribution in [3.8, 4) is 22.8 Å². The van der Waals surface area contributed by atoms with Gasteiger partial charge in [-0.2, -0.15) is 0 Å². The molecule has 2 aliphatic carbocycles. The van der Waals surface area contributed by atoms with Gasteiger partial charge in [0.15, 0.2) is 5.75 Å². The number of halogens is 1. The normalized spacial score (nSPS) is 24.5. The van der Waals surface area contributed by atoms with Crippen molar-refractivity contribution in [2.75, 3.05) is 18.5 Å². The molecule has 2 N–H and O–H groups in total. The number of amides is 1. The molecule has 0 saturated heterocycles. The number of aryl methyl sites for hydroxylation is 1. The van der Waals surface area contributed by atoms with Gasteiger partial charge >= 0.3 is 0 Å². The first-order valence-electron chi connectivity index (χ1n) is 12.2. The molecule has 1 aliphatic heterocycles. The first kappa shape index (κ1) is 22.0. The van der Waals surface area contributed by atoms with Crippen LogP contribution in [0.25, 0.3) is 22.0 Å². The summed E-state index contributed by atoms with van der Waals surface area (Å²) in [5.41, 5.74) is 1.82. The lowest BCUT2D eigenvalue weighted by Crippen LogP contribution is -2.44. The van der Waals surface area contributed by atoms with Gasteiger partial charge in [0.05, 0.1) is 16.6 Å². The highest BCUT2D eigenvalue weighted by molar-refractivity contribution is 5.89. The first-order chi connectivity index (χ1) is 16.9. The summed E-state index contributed by atoms with van der Waals surface area (Å²) in [7, 11) is 0. The minimum Gasteiger partial charge on any atom is -0.484 e. The lowest BCUT2D eigenvalue weighted by Gasteiger charge is -2.29. The number of carbonyl (C=O) groups excluding carboxylic acids is 1. The van der Waals surface area contributed by atoms with Crippen molar-refractivity contribution in [2.24, 2.45) is 0 Å². The molecule has 2 saturated carbocycles. The van der Waals surface area contributed by atoms with E-state index in [1.165, 1.54) is 0 Å². The number of aromatic nitrogens is 3. The van der Waals surface area contributed by atoms with Crippen LogP contribution < -0.4 is 20.1 Å². The summed E-state index contributed by atoms with van der Waals surface area (Å²) in [6.45, 7) is 4.49. The average Bonchev–Trinajstić information content (AvgIpc) is 3.38. The van der Waals surface area contributed by atoms with Crippen LogP contribution >= 0.6 is 0 Å². The highest BCUT2D eigenvalue weighted by Crippen LogP contribution is 2.52. The minimum atomic E-state index is -0.393. The van der Waals surface area contributed by atoms with E-state index in [9.17, 15) is 4.79 Å². The number of hydrogen-bond acceptors (Lipinski definition) is 7. The summed E-state index contributed by atoms with van der Waals surface area (Å²) in [6, 6.07) is 5.26. The molecule has 0 unspecified atom stereocenters. The highest BCUT2D eigenvalue weighted by Gasteiger charge is 2.55. The summed E-state index contributed by atoms with van der Waals surface area (Å²) in [5.74, 6) is 1.03. The molecule has 9 heteroatoms. The van der Waals surface area contributed by atoms with Crippen molar-refractivity contribution in [3.63, 3.8) is 0 Å². The minimum absolute atomic E-state index is 0.0965. The second-order valence-corrected chi connectivity index (χ2v) is 9.91. The van der Waals surface area contributed by atoms with Gasteiger partial charge < -0.3 is 20.1 Å². The topological polar surface area (TPSA) is 98.3 Å². The van der Waals surface area contributed by atoms with Crippen LogP contribution in [-0.2, 0) is 4.79 Å². The third-order valence-electron chi connectivity index (χ3n) is 7.66. The van der Waals surface area contributed by atoms with Crippen molar-refractivity contribution in [1.82, 2.24) is 20.3 Å². The zero-order valence-electron chi connectivity index (χ0n) is 19.9. The average molecular weight is 478 g/mol. The molecule has 3 aliphatic rings. The lowest BCUT2D eigenvalue weighted by molar-refractivity contribution is -0.122. The fraction of sp³-hybridized carbons (Fsp3) is 0.462. The van der Waals surface area contributed by atoms with E-state index in [4.69, 9.17) is 9.47 Å². The second kappa shape index (κ2) is 8.03. The van der Waals surface area contributed by atoms with E-state index < -0.39 is 5.82 Å². The Balaban J connectivity index is 1.32. The van der Waals surface area contributed by atoms with Crippen molar-refractivity contribution in [2.45, 2.75) is 63.5 Å². The largest absolute Gasteiger partial charge is 0.484 e. The lowest BCUT2D eigenvalue weighted by atomic mass is 9.91. The third-order valence-corrected chi connectivity index (χ3v) is 7.66. The molecule has 3 heterocycles. The number of carbonyl (C=O) groups is 1. The molecule has 35 heavy (non-hydrogen) atoms. The molecule has 2 aromatic heterocycles. The number of hydrogen-bond donors (Lipinski definition) is 2. The van der Waals surface area contributed by atoms with E-state index in [0.717, 1.165) is 32.1 Å². The van der Waals surface area contributed by atoms with Crippen molar-refractivity contribution in [1.29, 1.82) is 0 Å². The van der Waals surface area contributed by atoms with Gasteiger partial charge in [0.1, 0.15) is 19.0 Å². The molecule has 182 valence electrons. The van der Waals surface area contributed by atoms with Crippen LogP contribution in [0.5, 0.6) is 11.6 Å². The van der Waals surface area contributed by atoms with Gasteiger partial charge in [-0.25, -0.2) is 19.3 Å². The smallest absolute Gasteiger partial charge is 0.257 e. The van der Waals surface area contributed by atoms with Gasteiger partial charge in [0.25, 0.3) is 5.88 Å². The van der Waals surface area contributed by atoms with E-state index in [-0.39, 0.29) is 17.0 Å². The van der Waals surface area contributed by atoms with Crippen LogP contribution in [0.15, 0.2) is 24.4 Å². The molecular weight excluding hydrogens is 449 g/mol. The zero-order valence-corrected chi connectivity index (χ0v) is 19.9. The van der Waals surface area contributed by atoms with E-state index in [0.29, 0.717) is 64.9 Å². The molecular formula is C26H28FN5O3. The van der Waals surface area contributed by atoms with E-state index in [1.807, 2.05) is 13.0 Å². The number of pyridine rings is 1. The number of fused-ring (bicyclic) bond motifs is 4. The molecule has 8 nitrogen and oxygen atoms in total. The molecule has 1 amide bonds. The van der Waals surface area contributed by atoms with Gasteiger partial charge in [-0.3, -0.25) is 4.79 Å². The Hall–Kier alpha value is -3.49. The second-order valence-electron chi connectivity index (χ2n) is 9.91. The Morgan fingerprint density at radius 1 is 1.06 bits per heavy atom. The quantitative estimate of drug-likeness (QED) is 0.565. The summed E-state index contributed by atoms with van der Waals surface area (Å²) >= 11 is 0. The Bertz CT molecular complexity index is 1340. The maximum absolute atomic E-state index is 15.8. The Labute approximate surface area is 202 Å². The molecule has 1 aromatic carbocycles. The third kappa shape index (κ3) is 3.64. The number of rotatable bonds is 5. The molecule has 3 aromatic rings. The first-order valence-corrected chi connectivity index (χ1v) is 12.2. The SMILES string of the molecule is CCC(=O)NC12CCC(Nc3nc(C)c4c(F)c(-c5ccnc6c5OCCO6)ccc4n3)(CC1)C2. The fourth-order valence-electron chi connectivity index (χ4n) is 5.95. The highest BCUT2D eigenvalue weighted by atomic mass is 19.1.